The lowest BCUT2D eigenvalue weighted by atomic mass is 10.3. The maximum absolute atomic E-state index is 5.13. The van der Waals surface area contributed by atoms with Crippen molar-refractivity contribution in [3.8, 4) is 0 Å². The van der Waals surface area contributed by atoms with E-state index in [1.165, 1.54) is 6.42 Å². The standard InChI is InChI=1S/C11H18N4S/c1-3-4-6-13-11(16)14-8-10-5-7-12-9(2)15-10/h5,7H,3-4,6,8H2,1-2H3,(H2,13,14,16). The molecule has 2 N–H and O–H groups in total. The number of nitrogens with one attached hydrogen (secondary N) is 2. The molecule has 88 valence electrons. The van der Waals surface area contributed by atoms with Crippen molar-refractivity contribution >= 4 is 17.3 Å². The van der Waals surface area contributed by atoms with E-state index in [2.05, 4.69) is 27.5 Å². The predicted octanol–water partition coefficient (Wildman–Crippen LogP) is 1.55. The van der Waals surface area contributed by atoms with E-state index in [4.69, 9.17) is 12.2 Å². The van der Waals surface area contributed by atoms with Gasteiger partial charge in [0.05, 0.1) is 12.2 Å². The lowest BCUT2D eigenvalue weighted by molar-refractivity contribution is 0.734. The van der Waals surface area contributed by atoms with Gasteiger partial charge in [-0.15, -0.1) is 0 Å². The summed E-state index contributed by atoms with van der Waals surface area (Å²) in [6, 6.07) is 1.88. The molecule has 5 heteroatoms. The van der Waals surface area contributed by atoms with E-state index < -0.39 is 0 Å². The van der Waals surface area contributed by atoms with E-state index in [1.807, 2.05) is 13.0 Å². The summed E-state index contributed by atoms with van der Waals surface area (Å²) < 4.78 is 0. The van der Waals surface area contributed by atoms with Crippen LogP contribution in [0.15, 0.2) is 12.3 Å². The van der Waals surface area contributed by atoms with Crippen molar-refractivity contribution in [3.05, 3.63) is 23.8 Å². The number of thiocarbonyl (C=S) groups is 1. The molecule has 0 fully saturated rings. The molecule has 1 aromatic heterocycles. The summed E-state index contributed by atoms with van der Waals surface area (Å²) in [6.07, 6.45) is 4.06. The zero-order valence-corrected chi connectivity index (χ0v) is 10.6. The lowest BCUT2D eigenvalue weighted by Crippen LogP contribution is -2.35. The van der Waals surface area contributed by atoms with Crippen molar-refractivity contribution in [3.63, 3.8) is 0 Å². The Balaban J connectivity index is 2.26. The number of hydrogen-bond acceptors (Lipinski definition) is 3. The van der Waals surface area contributed by atoms with Gasteiger partial charge in [0.15, 0.2) is 5.11 Å². The van der Waals surface area contributed by atoms with Gasteiger partial charge in [-0.05, 0) is 31.6 Å². The van der Waals surface area contributed by atoms with Gasteiger partial charge in [0.2, 0.25) is 0 Å². The Morgan fingerprint density at radius 2 is 2.25 bits per heavy atom. The van der Waals surface area contributed by atoms with Crippen LogP contribution in [0.2, 0.25) is 0 Å². The summed E-state index contributed by atoms with van der Waals surface area (Å²) in [5.41, 5.74) is 0.951. The Hall–Kier alpha value is -1.23. The van der Waals surface area contributed by atoms with E-state index >= 15 is 0 Å². The molecule has 0 atom stereocenters. The number of hydrogen-bond donors (Lipinski definition) is 2. The van der Waals surface area contributed by atoms with E-state index in [-0.39, 0.29) is 0 Å². The second-order valence-corrected chi connectivity index (χ2v) is 3.97. The maximum atomic E-state index is 5.13. The maximum Gasteiger partial charge on any atom is 0.166 e. The van der Waals surface area contributed by atoms with Crippen LogP contribution in [0.3, 0.4) is 0 Å². The fraction of sp³-hybridized carbons (Fsp3) is 0.545. The quantitative estimate of drug-likeness (QED) is 0.602. The zero-order valence-electron chi connectivity index (χ0n) is 9.79. The van der Waals surface area contributed by atoms with E-state index in [1.54, 1.807) is 6.20 Å². The van der Waals surface area contributed by atoms with Gasteiger partial charge >= 0.3 is 0 Å². The minimum atomic E-state index is 0.640. The molecule has 1 aromatic rings. The van der Waals surface area contributed by atoms with Gasteiger partial charge in [-0.3, -0.25) is 0 Å². The molecular weight excluding hydrogens is 220 g/mol. The van der Waals surface area contributed by atoms with E-state index in [9.17, 15) is 0 Å². The topological polar surface area (TPSA) is 49.8 Å². The van der Waals surface area contributed by atoms with Gasteiger partial charge < -0.3 is 10.6 Å². The average Bonchev–Trinajstić information content (AvgIpc) is 2.27. The van der Waals surface area contributed by atoms with Crippen LogP contribution in [0.25, 0.3) is 0 Å². The first-order valence-electron chi connectivity index (χ1n) is 5.52. The second-order valence-electron chi connectivity index (χ2n) is 3.56. The third kappa shape index (κ3) is 5.02. The Kier molecular flexibility index (Phi) is 5.71. The molecule has 4 nitrogen and oxygen atoms in total. The third-order valence-corrected chi connectivity index (χ3v) is 2.37. The lowest BCUT2D eigenvalue weighted by Gasteiger charge is -2.09. The largest absolute Gasteiger partial charge is 0.363 e. The molecular formula is C11H18N4S. The van der Waals surface area contributed by atoms with Crippen LogP contribution >= 0.6 is 12.2 Å². The highest BCUT2D eigenvalue weighted by Gasteiger charge is 1.97. The van der Waals surface area contributed by atoms with Gasteiger partial charge in [-0.1, -0.05) is 13.3 Å². The molecule has 0 saturated carbocycles. The van der Waals surface area contributed by atoms with Crippen LogP contribution in [0, 0.1) is 6.92 Å². The molecule has 0 unspecified atom stereocenters. The number of aromatic nitrogens is 2. The molecule has 0 spiro atoms. The van der Waals surface area contributed by atoms with Crippen molar-refractivity contribution in [1.29, 1.82) is 0 Å². The summed E-state index contributed by atoms with van der Waals surface area (Å²) in [6.45, 7) is 5.59. The molecule has 0 bridgehead atoms. The highest BCUT2D eigenvalue weighted by atomic mass is 32.1. The van der Waals surface area contributed by atoms with Crippen LogP contribution in [0.5, 0.6) is 0 Å². The number of rotatable bonds is 5. The molecule has 16 heavy (non-hydrogen) atoms. The first kappa shape index (κ1) is 12.8. The van der Waals surface area contributed by atoms with Crippen molar-refractivity contribution in [2.75, 3.05) is 6.54 Å². The normalized spacial score (nSPS) is 9.88. The van der Waals surface area contributed by atoms with Crippen molar-refractivity contribution in [2.45, 2.75) is 33.2 Å². The minimum absolute atomic E-state index is 0.640. The summed E-state index contributed by atoms with van der Waals surface area (Å²) in [5, 5.41) is 6.95. The predicted molar refractivity (Wildman–Crippen MR) is 69.1 cm³/mol. The monoisotopic (exact) mass is 238 g/mol. The number of aryl methyl sites for hydroxylation is 1. The van der Waals surface area contributed by atoms with Gasteiger partial charge in [0.1, 0.15) is 5.82 Å². The van der Waals surface area contributed by atoms with E-state index in [0.29, 0.717) is 11.7 Å². The highest BCUT2D eigenvalue weighted by Crippen LogP contribution is 1.93. The third-order valence-electron chi connectivity index (χ3n) is 2.08. The van der Waals surface area contributed by atoms with Gasteiger partial charge in [-0.25, -0.2) is 9.97 Å². The minimum Gasteiger partial charge on any atom is -0.363 e. The second kappa shape index (κ2) is 7.11. The van der Waals surface area contributed by atoms with E-state index in [0.717, 1.165) is 24.5 Å². The van der Waals surface area contributed by atoms with Crippen molar-refractivity contribution in [2.24, 2.45) is 0 Å². The summed E-state index contributed by atoms with van der Waals surface area (Å²) >= 11 is 5.13. The van der Waals surface area contributed by atoms with Crippen LogP contribution in [0.1, 0.15) is 31.3 Å². The molecule has 0 amide bonds. The first-order valence-corrected chi connectivity index (χ1v) is 5.93. The van der Waals surface area contributed by atoms with Gasteiger partial charge in [0, 0.05) is 12.7 Å². The molecule has 1 heterocycles. The number of nitrogens with zero attached hydrogens (tertiary/aromatic N) is 2. The fourth-order valence-corrected chi connectivity index (χ4v) is 1.39. The Morgan fingerprint density at radius 1 is 1.44 bits per heavy atom. The average molecular weight is 238 g/mol. The fourth-order valence-electron chi connectivity index (χ4n) is 1.22. The molecule has 0 aromatic carbocycles. The number of unbranched alkanes of at least 4 members (excludes halogenated alkanes) is 1. The van der Waals surface area contributed by atoms with Crippen LogP contribution in [0.4, 0.5) is 0 Å². The van der Waals surface area contributed by atoms with Crippen LogP contribution < -0.4 is 10.6 Å². The Bertz CT molecular complexity index is 341. The molecule has 1 rings (SSSR count). The molecule has 0 aliphatic carbocycles. The molecule has 0 saturated heterocycles. The molecule has 0 aliphatic heterocycles. The molecule has 0 radical (unpaired) electrons. The summed E-state index contributed by atoms with van der Waals surface area (Å²) in [7, 11) is 0. The van der Waals surface area contributed by atoms with Crippen molar-refractivity contribution in [1.82, 2.24) is 20.6 Å². The summed E-state index contributed by atoms with van der Waals surface area (Å²) in [4.78, 5) is 8.32. The molecule has 0 aliphatic rings. The SMILES string of the molecule is CCCCNC(=S)NCc1ccnc(C)n1. The summed E-state index contributed by atoms with van der Waals surface area (Å²) in [5.74, 6) is 0.782. The smallest absolute Gasteiger partial charge is 0.166 e. The highest BCUT2D eigenvalue weighted by molar-refractivity contribution is 7.80. The Morgan fingerprint density at radius 3 is 2.94 bits per heavy atom. The van der Waals surface area contributed by atoms with Crippen molar-refractivity contribution < 1.29 is 0 Å². The van der Waals surface area contributed by atoms with Crippen LogP contribution in [-0.2, 0) is 6.54 Å². The van der Waals surface area contributed by atoms with Gasteiger partial charge in [-0.2, -0.15) is 0 Å². The first-order chi connectivity index (χ1) is 7.72. The zero-order chi connectivity index (χ0) is 11.8. The van der Waals surface area contributed by atoms with Gasteiger partial charge in [0.25, 0.3) is 0 Å². The van der Waals surface area contributed by atoms with Crippen LogP contribution in [-0.4, -0.2) is 21.6 Å². The Labute approximate surface area is 102 Å².